The number of carbonyl (C=O) groups is 2. The van der Waals surface area contributed by atoms with Gasteiger partial charge in [-0.25, -0.2) is 0 Å². The van der Waals surface area contributed by atoms with Crippen LogP contribution in [0.2, 0.25) is 0 Å². The zero-order valence-corrected chi connectivity index (χ0v) is 12.2. The van der Waals surface area contributed by atoms with E-state index >= 15 is 0 Å². The van der Waals surface area contributed by atoms with Crippen molar-refractivity contribution in [2.45, 2.75) is 12.8 Å². The maximum absolute atomic E-state index is 12.3. The van der Waals surface area contributed by atoms with Gasteiger partial charge in [0.25, 0.3) is 0 Å². The summed E-state index contributed by atoms with van der Waals surface area (Å²) in [5, 5.41) is 0. The zero-order chi connectivity index (χ0) is 15.3. The number of hydrogen-bond acceptors (Lipinski definition) is 3. The van der Waals surface area contributed by atoms with E-state index in [0.717, 1.165) is 35.3 Å². The Balaban J connectivity index is 1.96. The molecule has 0 unspecified atom stereocenters. The molecule has 4 rings (SSSR count). The predicted molar refractivity (Wildman–Crippen MR) is 83.6 cm³/mol. The first-order chi connectivity index (χ1) is 10.7. The maximum Gasteiger partial charge on any atom is 0.187 e. The van der Waals surface area contributed by atoms with Gasteiger partial charge >= 0.3 is 0 Å². The van der Waals surface area contributed by atoms with E-state index in [1.807, 2.05) is 24.3 Å². The Kier molecular flexibility index (Phi) is 2.76. The fourth-order valence-corrected chi connectivity index (χ4v) is 3.40. The van der Waals surface area contributed by atoms with E-state index < -0.39 is 0 Å². The summed E-state index contributed by atoms with van der Waals surface area (Å²) in [6, 6.07) is 9.74. The van der Waals surface area contributed by atoms with E-state index in [1.165, 1.54) is 17.7 Å². The molecule has 3 heteroatoms. The summed E-state index contributed by atoms with van der Waals surface area (Å²) in [5.41, 5.74) is 5.52. The Bertz CT molecular complexity index is 859. The summed E-state index contributed by atoms with van der Waals surface area (Å²) in [4.78, 5) is 24.2. The van der Waals surface area contributed by atoms with E-state index in [2.05, 4.69) is 0 Å². The molecule has 108 valence electrons. The van der Waals surface area contributed by atoms with E-state index in [0.29, 0.717) is 11.1 Å². The summed E-state index contributed by atoms with van der Waals surface area (Å²) in [6.07, 6.45) is 4.36. The van der Waals surface area contributed by atoms with Crippen molar-refractivity contribution in [1.29, 1.82) is 0 Å². The van der Waals surface area contributed by atoms with Crippen LogP contribution in [0.3, 0.4) is 0 Å². The molecule has 0 heterocycles. The fourth-order valence-electron chi connectivity index (χ4n) is 3.40. The zero-order valence-electron chi connectivity index (χ0n) is 12.2. The van der Waals surface area contributed by atoms with Gasteiger partial charge in [-0.2, -0.15) is 0 Å². The topological polar surface area (TPSA) is 43.4 Å². The molecule has 0 N–H and O–H groups in total. The highest BCUT2D eigenvalue weighted by molar-refractivity contribution is 6.23. The summed E-state index contributed by atoms with van der Waals surface area (Å²) < 4.78 is 5.28. The van der Waals surface area contributed by atoms with Crippen LogP contribution in [0.25, 0.3) is 11.1 Å². The SMILES string of the molecule is COc1ccc2c(c1)CCc1c-2ccc2c1C(=O)C=CC2=O. The molecular formula is C19H14O3. The standard InChI is InChI=1S/C19H14O3/c1-22-12-3-5-13-11(10-12)2-4-15-14(13)6-7-16-17(20)8-9-18(21)19(15)16/h3,5-10H,2,4H2,1H3. The molecule has 0 saturated carbocycles. The van der Waals surface area contributed by atoms with Crippen molar-refractivity contribution in [3.8, 4) is 16.9 Å². The molecule has 2 aliphatic carbocycles. The third-order valence-electron chi connectivity index (χ3n) is 4.46. The van der Waals surface area contributed by atoms with Crippen LogP contribution in [0.5, 0.6) is 5.75 Å². The van der Waals surface area contributed by atoms with Gasteiger partial charge in [-0.15, -0.1) is 0 Å². The molecule has 0 aromatic heterocycles. The van der Waals surface area contributed by atoms with E-state index in [-0.39, 0.29) is 11.6 Å². The molecule has 22 heavy (non-hydrogen) atoms. The molecule has 0 radical (unpaired) electrons. The number of ketones is 2. The van der Waals surface area contributed by atoms with Gasteiger partial charge in [-0.3, -0.25) is 9.59 Å². The Labute approximate surface area is 128 Å². The van der Waals surface area contributed by atoms with Gasteiger partial charge in [0.15, 0.2) is 11.6 Å². The molecule has 2 aliphatic rings. The van der Waals surface area contributed by atoms with Crippen LogP contribution >= 0.6 is 0 Å². The highest BCUT2D eigenvalue weighted by atomic mass is 16.5. The largest absolute Gasteiger partial charge is 0.497 e. The number of ether oxygens (including phenoxy) is 1. The van der Waals surface area contributed by atoms with Crippen LogP contribution in [0, 0.1) is 0 Å². The molecule has 2 aromatic rings. The molecule has 3 nitrogen and oxygen atoms in total. The number of methoxy groups -OCH3 is 1. The second-order valence-corrected chi connectivity index (χ2v) is 5.60. The molecule has 0 atom stereocenters. The van der Waals surface area contributed by atoms with E-state index in [1.54, 1.807) is 13.2 Å². The van der Waals surface area contributed by atoms with Gasteiger partial charge in [0.1, 0.15) is 5.75 Å². The number of hydrogen-bond donors (Lipinski definition) is 0. The first-order valence-electron chi connectivity index (χ1n) is 7.29. The van der Waals surface area contributed by atoms with Crippen molar-refractivity contribution in [1.82, 2.24) is 0 Å². The van der Waals surface area contributed by atoms with Crippen molar-refractivity contribution in [2.24, 2.45) is 0 Å². The van der Waals surface area contributed by atoms with Gasteiger partial charge in [0.2, 0.25) is 0 Å². The summed E-state index contributed by atoms with van der Waals surface area (Å²) in [7, 11) is 1.66. The third kappa shape index (κ3) is 1.75. The van der Waals surface area contributed by atoms with Crippen LogP contribution in [-0.2, 0) is 12.8 Å². The molecule has 0 saturated heterocycles. The van der Waals surface area contributed by atoms with Crippen molar-refractivity contribution in [3.05, 3.63) is 64.7 Å². The van der Waals surface area contributed by atoms with Gasteiger partial charge in [-0.1, -0.05) is 12.1 Å². The highest BCUT2D eigenvalue weighted by Crippen LogP contribution is 2.39. The molecule has 0 aliphatic heterocycles. The average molecular weight is 290 g/mol. The molecule has 2 aromatic carbocycles. The maximum atomic E-state index is 12.3. The lowest BCUT2D eigenvalue weighted by atomic mass is 9.79. The summed E-state index contributed by atoms with van der Waals surface area (Å²) >= 11 is 0. The lowest BCUT2D eigenvalue weighted by molar-refractivity contribution is 0.0993. The molecule has 0 fully saturated rings. The predicted octanol–water partition coefficient (Wildman–Crippen LogP) is 3.40. The first-order valence-corrected chi connectivity index (χ1v) is 7.29. The minimum Gasteiger partial charge on any atom is -0.497 e. The van der Waals surface area contributed by atoms with Gasteiger partial charge < -0.3 is 4.74 Å². The number of aryl methyl sites for hydroxylation is 1. The third-order valence-corrected chi connectivity index (χ3v) is 4.46. The van der Waals surface area contributed by atoms with Crippen molar-refractivity contribution < 1.29 is 14.3 Å². The second kappa shape index (κ2) is 4.67. The van der Waals surface area contributed by atoms with Crippen LogP contribution < -0.4 is 4.74 Å². The number of fused-ring (bicyclic) bond motifs is 5. The Morgan fingerprint density at radius 2 is 1.59 bits per heavy atom. The lowest BCUT2D eigenvalue weighted by Gasteiger charge is -2.24. The van der Waals surface area contributed by atoms with E-state index in [9.17, 15) is 9.59 Å². The monoisotopic (exact) mass is 290 g/mol. The Hall–Kier alpha value is -2.68. The summed E-state index contributed by atoms with van der Waals surface area (Å²) in [5.74, 6) is 0.690. The molecule has 0 bridgehead atoms. The first kappa shape index (κ1) is 13.0. The average Bonchev–Trinajstić information content (AvgIpc) is 2.56. The number of carbonyl (C=O) groups excluding carboxylic acids is 2. The van der Waals surface area contributed by atoms with Gasteiger partial charge in [-0.05, 0) is 65.4 Å². The molecular weight excluding hydrogens is 276 g/mol. The van der Waals surface area contributed by atoms with Crippen LogP contribution in [-0.4, -0.2) is 18.7 Å². The van der Waals surface area contributed by atoms with Crippen LogP contribution in [0.4, 0.5) is 0 Å². The van der Waals surface area contributed by atoms with E-state index in [4.69, 9.17) is 4.74 Å². The minimum absolute atomic E-state index is 0.0663. The normalized spacial score (nSPS) is 15.1. The van der Waals surface area contributed by atoms with Crippen LogP contribution in [0.1, 0.15) is 31.8 Å². The Morgan fingerprint density at radius 1 is 0.864 bits per heavy atom. The number of benzene rings is 2. The molecule has 0 spiro atoms. The lowest BCUT2D eigenvalue weighted by Crippen LogP contribution is -2.17. The van der Waals surface area contributed by atoms with Crippen molar-refractivity contribution in [3.63, 3.8) is 0 Å². The molecule has 0 amide bonds. The van der Waals surface area contributed by atoms with Crippen molar-refractivity contribution in [2.75, 3.05) is 7.11 Å². The fraction of sp³-hybridized carbons (Fsp3) is 0.158. The smallest absolute Gasteiger partial charge is 0.187 e. The number of allylic oxidation sites excluding steroid dienone is 2. The van der Waals surface area contributed by atoms with Crippen LogP contribution in [0.15, 0.2) is 42.5 Å². The van der Waals surface area contributed by atoms with Crippen molar-refractivity contribution >= 4 is 11.6 Å². The highest BCUT2D eigenvalue weighted by Gasteiger charge is 2.27. The van der Waals surface area contributed by atoms with Gasteiger partial charge in [0.05, 0.1) is 7.11 Å². The summed E-state index contributed by atoms with van der Waals surface area (Å²) in [6.45, 7) is 0. The quantitative estimate of drug-likeness (QED) is 0.808. The minimum atomic E-state index is -0.0853. The van der Waals surface area contributed by atoms with Gasteiger partial charge in [0, 0.05) is 11.1 Å². The second-order valence-electron chi connectivity index (χ2n) is 5.60. The number of rotatable bonds is 1. The Morgan fingerprint density at radius 3 is 2.41 bits per heavy atom.